The van der Waals surface area contributed by atoms with E-state index in [1.54, 1.807) is 12.1 Å². The molecule has 0 fully saturated rings. The van der Waals surface area contributed by atoms with Crippen LogP contribution in [-0.4, -0.2) is 15.6 Å². The van der Waals surface area contributed by atoms with Gasteiger partial charge in [-0.1, -0.05) is 6.07 Å². The SMILES string of the molecule is O=C(CCCn1ccc(C(F)(F)F)n1)c1cccs1. The van der Waals surface area contributed by atoms with Crippen LogP contribution in [0.1, 0.15) is 28.2 Å². The van der Waals surface area contributed by atoms with Gasteiger partial charge < -0.3 is 0 Å². The smallest absolute Gasteiger partial charge is 0.293 e. The van der Waals surface area contributed by atoms with Crippen LogP contribution < -0.4 is 0 Å². The number of halogens is 3. The number of ketones is 1. The summed E-state index contributed by atoms with van der Waals surface area (Å²) < 4.78 is 38.1. The molecule has 2 aromatic rings. The van der Waals surface area contributed by atoms with Gasteiger partial charge in [0.25, 0.3) is 0 Å². The minimum Gasteiger partial charge on any atom is -0.293 e. The fraction of sp³-hybridized carbons (Fsp3) is 0.333. The van der Waals surface area contributed by atoms with E-state index in [-0.39, 0.29) is 5.78 Å². The predicted molar refractivity (Wildman–Crippen MR) is 65.1 cm³/mol. The minimum atomic E-state index is -4.42. The predicted octanol–water partition coefficient (Wildman–Crippen LogP) is 3.63. The van der Waals surface area contributed by atoms with Gasteiger partial charge in [0.1, 0.15) is 0 Å². The Hall–Kier alpha value is -1.63. The number of hydrogen-bond donors (Lipinski definition) is 0. The first-order valence-corrected chi connectivity index (χ1v) is 6.52. The number of Topliss-reactive ketones (excluding diaryl/α,β-unsaturated/α-hetero) is 1. The summed E-state index contributed by atoms with van der Waals surface area (Å²) in [4.78, 5) is 12.3. The molecule has 0 bridgehead atoms. The lowest BCUT2D eigenvalue weighted by molar-refractivity contribution is -0.141. The topological polar surface area (TPSA) is 34.9 Å². The Balaban J connectivity index is 1.83. The second-order valence-electron chi connectivity index (χ2n) is 3.97. The molecule has 0 spiro atoms. The van der Waals surface area contributed by atoms with Crippen LogP contribution in [0.4, 0.5) is 13.2 Å². The van der Waals surface area contributed by atoms with Gasteiger partial charge in [0.05, 0.1) is 4.88 Å². The van der Waals surface area contributed by atoms with Crippen molar-refractivity contribution in [2.24, 2.45) is 0 Å². The largest absolute Gasteiger partial charge is 0.435 e. The van der Waals surface area contributed by atoms with E-state index in [2.05, 4.69) is 5.10 Å². The maximum atomic E-state index is 12.3. The Labute approximate surface area is 111 Å². The van der Waals surface area contributed by atoms with Crippen LogP contribution in [0.15, 0.2) is 29.8 Å². The molecule has 2 heterocycles. The lowest BCUT2D eigenvalue weighted by Gasteiger charge is -2.02. The number of hydrogen-bond acceptors (Lipinski definition) is 3. The van der Waals surface area contributed by atoms with E-state index in [0.717, 1.165) is 6.07 Å². The van der Waals surface area contributed by atoms with Gasteiger partial charge in [-0.25, -0.2) is 0 Å². The molecule has 0 radical (unpaired) electrons. The van der Waals surface area contributed by atoms with E-state index in [1.807, 2.05) is 5.38 Å². The molecule has 0 aromatic carbocycles. The van der Waals surface area contributed by atoms with Gasteiger partial charge in [-0.2, -0.15) is 18.3 Å². The summed E-state index contributed by atoms with van der Waals surface area (Å²) in [5.41, 5.74) is -0.905. The number of alkyl halides is 3. The highest BCUT2D eigenvalue weighted by atomic mass is 32.1. The molecule has 2 rings (SSSR count). The summed E-state index contributed by atoms with van der Waals surface area (Å²) in [5, 5.41) is 5.24. The van der Waals surface area contributed by atoms with Crippen LogP contribution in [-0.2, 0) is 12.7 Å². The van der Waals surface area contributed by atoms with Crippen molar-refractivity contribution >= 4 is 17.1 Å². The molecule has 0 atom stereocenters. The lowest BCUT2D eigenvalue weighted by Crippen LogP contribution is -2.08. The number of aryl methyl sites for hydroxylation is 1. The van der Waals surface area contributed by atoms with Crippen molar-refractivity contribution in [3.05, 3.63) is 40.3 Å². The zero-order valence-electron chi connectivity index (χ0n) is 9.85. The fourth-order valence-corrected chi connectivity index (χ4v) is 2.29. The minimum absolute atomic E-state index is 0.0122. The van der Waals surface area contributed by atoms with Crippen LogP contribution in [0.3, 0.4) is 0 Å². The molecule has 0 saturated carbocycles. The Morgan fingerprint density at radius 2 is 2.16 bits per heavy atom. The first kappa shape index (κ1) is 13.8. The van der Waals surface area contributed by atoms with E-state index >= 15 is 0 Å². The lowest BCUT2D eigenvalue weighted by atomic mass is 10.2. The van der Waals surface area contributed by atoms with Gasteiger partial charge in [-0.05, 0) is 23.9 Å². The van der Waals surface area contributed by atoms with Crippen molar-refractivity contribution in [2.75, 3.05) is 0 Å². The van der Waals surface area contributed by atoms with Crippen LogP contribution >= 0.6 is 11.3 Å². The standard InChI is InChI=1S/C12H11F3N2OS/c13-12(14,15)11-5-7-17(16-11)6-1-3-9(18)10-4-2-8-19-10/h2,4-5,7-8H,1,3,6H2. The Kier molecular flexibility index (Phi) is 4.04. The second kappa shape index (κ2) is 5.56. The van der Waals surface area contributed by atoms with Crippen molar-refractivity contribution in [2.45, 2.75) is 25.6 Å². The zero-order valence-corrected chi connectivity index (χ0v) is 10.7. The number of rotatable bonds is 5. The summed E-state index contributed by atoms with van der Waals surface area (Å²) in [7, 11) is 0. The summed E-state index contributed by atoms with van der Waals surface area (Å²) in [5.74, 6) is 0.0122. The van der Waals surface area contributed by atoms with Gasteiger partial charge in [-0.15, -0.1) is 11.3 Å². The fourth-order valence-electron chi connectivity index (χ4n) is 1.60. The molecule has 0 aliphatic rings. The van der Waals surface area contributed by atoms with Crippen LogP contribution in [0, 0.1) is 0 Å². The first-order chi connectivity index (χ1) is 8.97. The number of nitrogens with zero attached hydrogens (tertiary/aromatic N) is 2. The maximum Gasteiger partial charge on any atom is 0.435 e. The molecule has 0 unspecified atom stereocenters. The molecule has 0 amide bonds. The molecule has 7 heteroatoms. The Bertz CT molecular complexity index is 546. The molecule has 0 aliphatic carbocycles. The van der Waals surface area contributed by atoms with E-state index in [0.29, 0.717) is 24.3 Å². The van der Waals surface area contributed by atoms with Crippen molar-refractivity contribution in [1.29, 1.82) is 0 Å². The van der Waals surface area contributed by atoms with E-state index in [4.69, 9.17) is 0 Å². The molecule has 102 valence electrons. The highest BCUT2D eigenvalue weighted by Crippen LogP contribution is 2.27. The number of carbonyl (C=O) groups excluding carboxylic acids is 1. The second-order valence-corrected chi connectivity index (χ2v) is 4.91. The molecule has 19 heavy (non-hydrogen) atoms. The van der Waals surface area contributed by atoms with Crippen molar-refractivity contribution in [3.63, 3.8) is 0 Å². The summed E-state index contributed by atoms with van der Waals surface area (Å²) in [6, 6.07) is 4.46. The molecule has 3 nitrogen and oxygen atoms in total. The number of carbonyl (C=O) groups is 1. The molecular formula is C12H11F3N2OS. The third-order valence-electron chi connectivity index (χ3n) is 2.52. The highest BCUT2D eigenvalue weighted by Gasteiger charge is 2.33. The van der Waals surface area contributed by atoms with E-state index < -0.39 is 11.9 Å². The third kappa shape index (κ3) is 3.66. The van der Waals surface area contributed by atoms with E-state index in [9.17, 15) is 18.0 Å². The number of aromatic nitrogens is 2. The van der Waals surface area contributed by atoms with Gasteiger partial charge in [-0.3, -0.25) is 9.48 Å². The summed E-state index contributed by atoms with van der Waals surface area (Å²) in [6.45, 7) is 0.299. The number of thiophene rings is 1. The van der Waals surface area contributed by atoms with Crippen molar-refractivity contribution in [3.8, 4) is 0 Å². The van der Waals surface area contributed by atoms with Crippen molar-refractivity contribution < 1.29 is 18.0 Å². The molecule has 0 aliphatic heterocycles. The van der Waals surface area contributed by atoms with Crippen LogP contribution in [0.5, 0.6) is 0 Å². The molecular weight excluding hydrogens is 277 g/mol. The quantitative estimate of drug-likeness (QED) is 0.787. The third-order valence-corrected chi connectivity index (χ3v) is 3.43. The van der Waals surface area contributed by atoms with Crippen LogP contribution in [0.2, 0.25) is 0 Å². The van der Waals surface area contributed by atoms with Gasteiger partial charge in [0, 0.05) is 19.2 Å². The zero-order chi connectivity index (χ0) is 13.9. The normalized spacial score (nSPS) is 11.7. The molecule has 0 saturated heterocycles. The van der Waals surface area contributed by atoms with Crippen LogP contribution in [0.25, 0.3) is 0 Å². The monoisotopic (exact) mass is 288 g/mol. The Morgan fingerprint density at radius 3 is 2.74 bits per heavy atom. The highest BCUT2D eigenvalue weighted by molar-refractivity contribution is 7.12. The van der Waals surface area contributed by atoms with Crippen molar-refractivity contribution in [1.82, 2.24) is 9.78 Å². The summed E-state index contributed by atoms with van der Waals surface area (Å²) >= 11 is 1.36. The average Bonchev–Trinajstić information content (AvgIpc) is 2.99. The molecule has 2 aromatic heterocycles. The average molecular weight is 288 g/mol. The Morgan fingerprint density at radius 1 is 1.37 bits per heavy atom. The summed E-state index contributed by atoms with van der Waals surface area (Å²) in [6.07, 6.45) is -2.37. The molecule has 0 N–H and O–H groups in total. The van der Waals surface area contributed by atoms with Gasteiger partial charge >= 0.3 is 6.18 Å². The first-order valence-electron chi connectivity index (χ1n) is 5.64. The van der Waals surface area contributed by atoms with Gasteiger partial charge in [0.15, 0.2) is 11.5 Å². The van der Waals surface area contributed by atoms with Gasteiger partial charge in [0.2, 0.25) is 0 Å². The van der Waals surface area contributed by atoms with E-state index in [1.165, 1.54) is 22.2 Å². The maximum absolute atomic E-state index is 12.3.